The lowest BCUT2D eigenvalue weighted by molar-refractivity contribution is 0.413. The summed E-state index contributed by atoms with van der Waals surface area (Å²) in [5, 5.41) is 4.35. The Kier molecular flexibility index (Phi) is 4.77. The molecule has 0 saturated carbocycles. The predicted octanol–water partition coefficient (Wildman–Crippen LogP) is 6.41. The van der Waals surface area contributed by atoms with Gasteiger partial charge in [0.15, 0.2) is 5.13 Å². The van der Waals surface area contributed by atoms with Gasteiger partial charge in [0.25, 0.3) is 0 Å². The standard InChI is InChI=1S/C23H23N3OS/c1-23(2,3)17-6-5-7-18(12-17)25-22-26-20-9-8-15(11-21(20)28-22)16-10-19(27-4)14-24-13-16/h5-14H,1-4H3,(H,25,26). The minimum Gasteiger partial charge on any atom is -0.495 e. The van der Waals surface area contributed by atoms with E-state index in [1.807, 2.05) is 12.3 Å². The number of ether oxygens (including phenoxy) is 1. The summed E-state index contributed by atoms with van der Waals surface area (Å²) in [7, 11) is 1.65. The minimum absolute atomic E-state index is 0.116. The molecule has 4 aromatic rings. The maximum absolute atomic E-state index is 5.29. The third kappa shape index (κ3) is 3.85. The first-order chi connectivity index (χ1) is 13.4. The van der Waals surface area contributed by atoms with Crippen molar-refractivity contribution in [3.05, 3.63) is 66.5 Å². The molecule has 0 aliphatic carbocycles. The fraction of sp³-hybridized carbons (Fsp3) is 0.217. The summed E-state index contributed by atoms with van der Waals surface area (Å²) in [5.74, 6) is 0.753. The molecule has 0 spiro atoms. The van der Waals surface area contributed by atoms with Crippen LogP contribution >= 0.6 is 11.3 Å². The van der Waals surface area contributed by atoms with E-state index in [0.29, 0.717) is 0 Å². The van der Waals surface area contributed by atoms with Gasteiger partial charge in [0.1, 0.15) is 5.75 Å². The molecule has 4 rings (SSSR count). The molecule has 2 aromatic carbocycles. The van der Waals surface area contributed by atoms with Crippen LogP contribution in [0.15, 0.2) is 60.9 Å². The molecule has 0 aliphatic rings. The van der Waals surface area contributed by atoms with Crippen molar-refractivity contribution in [2.45, 2.75) is 26.2 Å². The van der Waals surface area contributed by atoms with Gasteiger partial charge in [0.2, 0.25) is 0 Å². The average Bonchev–Trinajstić information content (AvgIpc) is 3.09. The number of anilines is 2. The molecule has 2 heterocycles. The van der Waals surface area contributed by atoms with Crippen LogP contribution < -0.4 is 10.1 Å². The van der Waals surface area contributed by atoms with Gasteiger partial charge >= 0.3 is 0 Å². The average molecular weight is 390 g/mol. The van der Waals surface area contributed by atoms with E-state index < -0.39 is 0 Å². The fourth-order valence-corrected chi connectivity index (χ4v) is 3.96. The van der Waals surface area contributed by atoms with Crippen molar-refractivity contribution >= 4 is 32.4 Å². The number of methoxy groups -OCH3 is 1. The van der Waals surface area contributed by atoms with Crippen molar-refractivity contribution in [3.63, 3.8) is 0 Å². The maximum Gasteiger partial charge on any atom is 0.188 e. The van der Waals surface area contributed by atoms with Gasteiger partial charge in [-0.1, -0.05) is 50.3 Å². The van der Waals surface area contributed by atoms with Gasteiger partial charge in [-0.2, -0.15) is 0 Å². The Morgan fingerprint density at radius 2 is 1.82 bits per heavy atom. The zero-order chi connectivity index (χ0) is 19.7. The fourth-order valence-electron chi connectivity index (χ4n) is 3.03. The molecule has 0 radical (unpaired) electrons. The summed E-state index contributed by atoms with van der Waals surface area (Å²) >= 11 is 1.65. The topological polar surface area (TPSA) is 47.0 Å². The molecule has 4 nitrogen and oxygen atoms in total. The number of hydrogen-bond donors (Lipinski definition) is 1. The third-order valence-corrected chi connectivity index (χ3v) is 5.58. The quantitative estimate of drug-likeness (QED) is 0.438. The van der Waals surface area contributed by atoms with Gasteiger partial charge in [-0.05, 0) is 46.9 Å². The zero-order valence-corrected chi connectivity index (χ0v) is 17.3. The Labute approximate surface area is 169 Å². The van der Waals surface area contributed by atoms with Crippen LogP contribution in [-0.2, 0) is 5.41 Å². The van der Waals surface area contributed by atoms with Crippen molar-refractivity contribution in [2.24, 2.45) is 0 Å². The molecule has 5 heteroatoms. The van der Waals surface area contributed by atoms with Crippen LogP contribution in [0.5, 0.6) is 5.75 Å². The molecular formula is C23H23N3OS. The van der Waals surface area contributed by atoms with Crippen molar-refractivity contribution in [2.75, 3.05) is 12.4 Å². The van der Waals surface area contributed by atoms with Crippen LogP contribution in [0.1, 0.15) is 26.3 Å². The summed E-state index contributed by atoms with van der Waals surface area (Å²) in [6.45, 7) is 6.66. The van der Waals surface area contributed by atoms with Crippen molar-refractivity contribution in [3.8, 4) is 16.9 Å². The molecule has 1 N–H and O–H groups in total. The predicted molar refractivity (Wildman–Crippen MR) is 118 cm³/mol. The van der Waals surface area contributed by atoms with Crippen molar-refractivity contribution in [1.82, 2.24) is 9.97 Å². The monoisotopic (exact) mass is 389 g/mol. The molecule has 0 aliphatic heterocycles. The number of pyridine rings is 1. The first-order valence-electron chi connectivity index (χ1n) is 9.20. The first kappa shape index (κ1) is 18.4. The Hall–Kier alpha value is -2.92. The lowest BCUT2D eigenvalue weighted by atomic mass is 9.87. The number of aromatic nitrogens is 2. The number of thiazole rings is 1. The third-order valence-electron chi connectivity index (χ3n) is 4.65. The van der Waals surface area contributed by atoms with Crippen molar-refractivity contribution < 1.29 is 4.74 Å². The number of rotatable bonds is 4. The molecule has 0 saturated heterocycles. The smallest absolute Gasteiger partial charge is 0.188 e. The summed E-state index contributed by atoms with van der Waals surface area (Å²) in [5.41, 5.74) is 5.59. The molecule has 2 aromatic heterocycles. The molecule has 0 atom stereocenters. The van der Waals surface area contributed by atoms with E-state index >= 15 is 0 Å². The lowest BCUT2D eigenvalue weighted by Crippen LogP contribution is -2.10. The molecular weight excluding hydrogens is 366 g/mol. The number of fused-ring (bicyclic) bond motifs is 1. The number of nitrogens with one attached hydrogen (secondary N) is 1. The maximum atomic E-state index is 5.29. The van der Waals surface area contributed by atoms with Gasteiger partial charge in [0.05, 0.1) is 23.5 Å². The second-order valence-corrected chi connectivity index (χ2v) is 8.80. The van der Waals surface area contributed by atoms with E-state index in [2.05, 4.69) is 73.5 Å². The van der Waals surface area contributed by atoms with Gasteiger partial charge in [0, 0.05) is 17.4 Å². The van der Waals surface area contributed by atoms with Crippen LogP contribution in [0.3, 0.4) is 0 Å². The number of benzene rings is 2. The van der Waals surface area contributed by atoms with E-state index in [0.717, 1.165) is 37.9 Å². The highest BCUT2D eigenvalue weighted by molar-refractivity contribution is 7.22. The zero-order valence-electron chi connectivity index (χ0n) is 16.5. The van der Waals surface area contributed by atoms with Gasteiger partial charge in [-0.25, -0.2) is 4.98 Å². The Morgan fingerprint density at radius 1 is 0.964 bits per heavy atom. The molecule has 0 unspecified atom stereocenters. The second kappa shape index (κ2) is 7.24. The Balaban J connectivity index is 1.63. The normalized spacial score (nSPS) is 11.6. The lowest BCUT2D eigenvalue weighted by Gasteiger charge is -2.19. The van der Waals surface area contributed by atoms with Crippen LogP contribution in [0.25, 0.3) is 21.3 Å². The summed E-state index contributed by atoms with van der Waals surface area (Å²) in [6, 6.07) is 16.8. The van der Waals surface area contributed by atoms with Crippen molar-refractivity contribution in [1.29, 1.82) is 0 Å². The summed E-state index contributed by atoms with van der Waals surface area (Å²) in [6.07, 6.45) is 3.56. The largest absolute Gasteiger partial charge is 0.495 e. The highest BCUT2D eigenvalue weighted by Crippen LogP contribution is 2.33. The SMILES string of the molecule is COc1cncc(-c2ccc3nc(Nc4cccc(C(C)(C)C)c4)sc3c2)c1. The second-order valence-electron chi connectivity index (χ2n) is 7.77. The van der Waals surface area contributed by atoms with Crippen LogP contribution in [-0.4, -0.2) is 17.1 Å². The Bertz CT molecular complexity index is 1130. The van der Waals surface area contributed by atoms with Gasteiger partial charge in [-0.3, -0.25) is 4.98 Å². The summed E-state index contributed by atoms with van der Waals surface area (Å²) in [4.78, 5) is 8.99. The molecule has 0 bridgehead atoms. The van der Waals surface area contributed by atoms with Gasteiger partial charge < -0.3 is 10.1 Å². The van der Waals surface area contributed by atoms with Crippen LogP contribution in [0, 0.1) is 0 Å². The van der Waals surface area contributed by atoms with Crippen LogP contribution in [0.4, 0.5) is 10.8 Å². The molecule has 28 heavy (non-hydrogen) atoms. The minimum atomic E-state index is 0.116. The van der Waals surface area contributed by atoms with Gasteiger partial charge in [-0.15, -0.1) is 0 Å². The van der Waals surface area contributed by atoms with E-state index in [4.69, 9.17) is 9.72 Å². The summed E-state index contributed by atoms with van der Waals surface area (Å²) < 4.78 is 6.42. The van der Waals surface area contributed by atoms with E-state index in [1.165, 1.54) is 5.56 Å². The number of nitrogens with zero attached hydrogens (tertiary/aromatic N) is 2. The molecule has 142 valence electrons. The van der Waals surface area contributed by atoms with E-state index in [9.17, 15) is 0 Å². The Morgan fingerprint density at radius 3 is 2.61 bits per heavy atom. The van der Waals surface area contributed by atoms with E-state index in [-0.39, 0.29) is 5.41 Å². The first-order valence-corrected chi connectivity index (χ1v) is 10.0. The molecule has 0 amide bonds. The highest BCUT2D eigenvalue weighted by atomic mass is 32.1. The number of hydrogen-bond acceptors (Lipinski definition) is 5. The van der Waals surface area contributed by atoms with E-state index in [1.54, 1.807) is 24.6 Å². The highest BCUT2D eigenvalue weighted by Gasteiger charge is 2.14. The van der Waals surface area contributed by atoms with Crippen LogP contribution in [0.2, 0.25) is 0 Å². The molecule has 0 fully saturated rings.